The molecule has 4 rings (SSSR count). The van der Waals surface area contributed by atoms with Gasteiger partial charge in [-0.05, 0) is 47.2 Å². The van der Waals surface area contributed by atoms with E-state index in [4.69, 9.17) is 11.5 Å². The van der Waals surface area contributed by atoms with Crippen molar-refractivity contribution in [3.63, 3.8) is 0 Å². The third-order valence-electron chi connectivity index (χ3n) is 4.85. The van der Waals surface area contributed by atoms with Crippen LogP contribution in [0.4, 0.5) is 18.3 Å². The number of thiazole rings is 1. The summed E-state index contributed by atoms with van der Waals surface area (Å²) in [5, 5.41) is 2.56. The van der Waals surface area contributed by atoms with Gasteiger partial charge in [0.05, 0.1) is 16.1 Å². The van der Waals surface area contributed by atoms with Crippen LogP contribution in [-0.4, -0.2) is 16.0 Å². The lowest BCUT2D eigenvalue weighted by molar-refractivity contribution is -0.137. The number of nitrogens with two attached hydrogens (primary N) is 2. The molecule has 1 atom stereocenters. The van der Waals surface area contributed by atoms with Gasteiger partial charge in [-0.1, -0.05) is 35.6 Å². The summed E-state index contributed by atoms with van der Waals surface area (Å²) < 4.78 is 38.2. The summed E-state index contributed by atoms with van der Waals surface area (Å²) >= 11 is 1.40. The number of alkyl halides is 3. The van der Waals surface area contributed by atoms with Crippen molar-refractivity contribution in [1.82, 2.24) is 9.97 Å². The van der Waals surface area contributed by atoms with E-state index in [1.165, 1.54) is 23.5 Å². The molecule has 2 heterocycles. The highest BCUT2D eigenvalue weighted by molar-refractivity contribution is 7.18. The van der Waals surface area contributed by atoms with Crippen LogP contribution < -0.4 is 11.5 Å². The summed E-state index contributed by atoms with van der Waals surface area (Å²) in [6.07, 6.45) is 0.121. The van der Waals surface area contributed by atoms with Crippen molar-refractivity contribution in [1.29, 1.82) is 0 Å². The van der Waals surface area contributed by atoms with Crippen molar-refractivity contribution in [2.24, 2.45) is 5.73 Å². The van der Waals surface area contributed by atoms with Crippen molar-refractivity contribution in [3.05, 3.63) is 77.7 Å². The average Bonchev–Trinajstić information content (AvgIpc) is 3.07. The Morgan fingerprint density at radius 2 is 1.73 bits per heavy atom. The van der Waals surface area contributed by atoms with Gasteiger partial charge in [-0.3, -0.25) is 4.98 Å². The van der Waals surface area contributed by atoms with Gasteiger partial charge < -0.3 is 11.5 Å². The number of anilines is 1. The zero-order chi connectivity index (χ0) is 21.3. The van der Waals surface area contributed by atoms with Crippen molar-refractivity contribution >= 4 is 27.2 Å². The number of halogens is 3. The summed E-state index contributed by atoms with van der Waals surface area (Å²) in [4.78, 5) is 9.53. The first kappa shape index (κ1) is 20.3. The largest absolute Gasteiger partial charge is 0.416 e. The zero-order valence-corrected chi connectivity index (χ0v) is 16.7. The van der Waals surface area contributed by atoms with E-state index in [1.54, 1.807) is 12.4 Å². The van der Waals surface area contributed by atoms with Crippen LogP contribution in [0.1, 0.15) is 16.8 Å². The summed E-state index contributed by atoms with van der Waals surface area (Å²) in [5.41, 5.74) is 14.1. The molecule has 4 N–H and O–H groups in total. The average molecular weight is 428 g/mol. The topological polar surface area (TPSA) is 77.8 Å². The van der Waals surface area contributed by atoms with Gasteiger partial charge in [0.25, 0.3) is 0 Å². The number of fused-ring (bicyclic) bond motifs is 1. The van der Waals surface area contributed by atoms with Crippen molar-refractivity contribution in [2.75, 3.05) is 5.73 Å². The number of pyridine rings is 1. The summed E-state index contributed by atoms with van der Waals surface area (Å²) in [6.45, 7) is 0. The Bertz CT molecular complexity index is 1170. The minimum absolute atomic E-state index is 0.299. The SMILES string of the molecule is Nc1nc(C[C@@H](N)Cc2ccc(C(F)(F)F)cc2)c(-c2ccc3cnccc3c2)s1. The Hall–Kier alpha value is -2.97. The van der Waals surface area contributed by atoms with Crippen molar-refractivity contribution in [2.45, 2.75) is 25.1 Å². The normalized spacial score (nSPS) is 12.9. The Morgan fingerprint density at radius 3 is 2.47 bits per heavy atom. The maximum absolute atomic E-state index is 12.7. The number of hydrogen-bond donors (Lipinski definition) is 2. The molecule has 0 aliphatic heterocycles. The molecule has 154 valence electrons. The summed E-state index contributed by atoms with van der Waals surface area (Å²) in [7, 11) is 0. The monoisotopic (exact) mass is 428 g/mol. The molecule has 4 nitrogen and oxygen atoms in total. The Kier molecular flexibility index (Phi) is 5.44. The van der Waals surface area contributed by atoms with E-state index in [0.717, 1.165) is 44.6 Å². The lowest BCUT2D eigenvalue weighted by Crippen LogP contribution is -2.26. The van der Waals surface area contributed by atoms with Gasteiger partial charge in [0.2, 0.25) is 0 Å². The van der Waals surface area contributed by atoms with Crippen LogP contribution in [0.25, 0.3) is 21.2 Å². The Labute approximate surface area is 175 Å². The minimum atomic E-state index is -4.34. The van der Waals surface area contributed by atoms with Crippen LogP contribution in [0.2, 0.25) is 0 Å². The molecule has 2 aromatic heterocycles. The quantitative estimate of drug-likeness (QED) is 0.465. The molecule has 0 spiro atoms. The number of aromatic nitrogens is 2. The van der Waals surface area contributed by atoms with Crippen molar-refractivity contribution < 1.29 is 13.2 Å². The first-order chi connectivity index (χ1) is 14.3. The predicted octanol–water partition coefficient (Wildman–Crippen LogP) is 5.07. The molecule has 4 aromatic rings. The molecule has 2 aromatic carbocycles. The maximum Gasteiger partial charge on any atom is 0.416 e. The lowest BCUT2D eigenvalue weighted by atomic mass is 9.99. The highest BCUT2D eigenvalue weighted by Crippen LogP contribution is 2.34. The van der Waals surface area contributed by atoms with Crippen LogP contribution in [0.5, 0.6) is 0 Å². The molecular weight excluding hydrogens is 409 g/mol. The second-order valence-corrected chi connectivity index (χ2v) is 8.16. The molecule has 8 heteroatoms. The van der Waals surface area contributed by atoms with Crippen LogP contribution >= 0.6 is 11.3 Å². The van der Waals surface area contributed by atoms with E-state index in [9.17, 15) is 13.2 Å². The predicted molar refractivity (Wildman–Crippen MR) is 114 cm³/mol. The smallest absolute Gasteiger partial charge is 0.375 e. The van der Waals surface area contributed by atoms with Gasteiger partial charge in [0.1, 0.15) is 0 Å². The number of rotatable bonds is 5. The number of benzene rings is 2. The highest BCUT2D eigenvalue weighted by Gasteiger charge is 2.30. The van der Waals surface area contributed by atoms with Gasteiger partial charge in [-0.15, -0.1) is 0 Å². The first-order valence-electron chi connectivity index (χ1n) is 9.30. The molecule has 0 aliphatic carbocycles. The fourth-order valence-electron chi connectivity index (χ4n) is 3.41. The third-order valence-corrected chi connectivity index (χ3v) is 5.83. The second-order valence-electron chi connectivity index (χ2n) is 7.13. The van der Waals surface area contributed by atoms with Gasteiger partial charge >= 0.3 is 6.18 Å². The molecule has 0 amide bonds. The Balaban J connectivity index is 1.53. The fourth-order valence-corrected chi connectivity index (χ4v) is 4.27. The van der Waals surface area contributed by atoms with Crippen LogP contribution in [0, 0.1) is 0 Å². The molecule has 0 aliphatic rings. The zero-order valence-electron chi connectivity index (χ0n) is 15.9. The van der Waals surface area contributed by atoms with Crippen LogP contribution in [-0.2, 0) is 19.0 Å². The lowest BCUT2D eigenvalue weighted by Gasteiger charge is -2.13. The number of nitrogen functional groups attached to an aromatic ring is 1. The highest BCUT2D eigenvalue weighted by atomic mass is 32.1. The Morgan fingerprint density at radius 1 is 0.967 bits per heavy atom. The summed E-state index contributed by atoms with van der Waals surface area (Å²) in [6, 6.07) is 12.8. The number of hydrogen-bond acceptors (Lipinski definition) is 5. The molecule has 0 radical (unpaired) electrons. The first-order valence-corrected chi connectivity index (χ1v) is 10.1. The van der Waals surface area contributed by atoms with Crippen LogP contribution in [0.3, 0.4) is 0 Å². The van der Waals surface area contributed by atoms with E-state index >= 15 is 0 Å². The van der Waals surface area contributed by atoms with Gasteiger partial charge in [-0.2, -0.15) is 13.2 Å². The minimum Gasteiger partial charge on any atom is -0.375 e. The maximum atomic E-state index is 12.7. The standard InChI is InChI=1S/C22H19F3N4S/c23-22(24,25)17-5-1-13(2-6-17)9-18(26)11-19-20(30-21(27)29-19)15-3-4-16-12-28-8-7-14(16)10-15/h1-8,10,12,18H,9,11,26H2,(H2,27,29)/t18-/m0/s1. The molecule has 0 fully saturated rings. The third kappa shape index (κ3) is 4.44. The van der Waals surface area contributed by atoms with Crippen LogP contribution in [0.15, 0.2) is 60.9 Å². The molecule has 0 unspecified atom stereocenters. The van der Waals surface area contributed by atoms with Gasteiger partial charge in [0, 0.05) is 30.2 Å². The molecule has 0 saturated heterocycles. The van der Waals surface area contributed by atoms with E-state index in [0.29, 0.717) is 18.0 Å². The van der Waals surface area contributed by atoms with E-state index in [2.05, 4.69) is 16.0 Å². The van der Waals surface area contributed by atoms with E-state index < -0.39 is 11.7 Å². The van der Waals surface area contributed by atoms with E-state index in [-0.39, 0.29) is 6.04 Å². The second kappa shape index (κ2) is 8.04. The number of nitrogens with zero attached hydrogens (tertiary/aromatic N) is 2. The van der Waals surface area contributed by atoms with E-state index in [1.807, 2.05) is 18.2 Å². The van der Waals surface area contributed by atoms with Gasteiger partial charge in [0.15, 0.2) is 5.13 Å². The summed E-state index contributed by atoms with van der Waals surface area (Å²) in [5.74, 6) is 0. The molecule has 30 heavy (non-hydrogen) atoms. The molecular formula is C22H19F3N4S. The van der Waals surface area contributed by atoms with Crippen molar-refractivity contribution in [3.8, 4) is 10.4 Å². The molecule has 0 saturated carbocycles. The fraction of sp³-hybridized carbons (Fsp3) is 0.182. The van der Waals surface area contributed by atoms with Gasteiger partial charge in [-0.25, -0.2) is 4.98 Å². The molecule has 0 bridgehead atoms.